The Morgan fingerprint density at radius 1 is 1.40 bits per heavy atom. The van der Waals surface area contributed by atoms with Gasteiger partial charge in [0.1, 0.15) is 6.61 Å². The van der Waals surface area contributed by atoms with E-state index >= 15 is 0 Å². The van der Waals surface area contributed by atoms with Crippen LogP contribution in [0.25, 0.3) is 0 Å². The van der Waals surface area contributed by atoms with E-state index in [1.165, 1.54) is 0 Å². The van der Waals surface area contributed by atoms with Crippen LogP contribution in [-0.4, -0.2) is 29.3 Å². The van der Waals surface area contributed by atoms with Crippen molar-refractivity contribution in [2.45, 2.75) is 38.9 Å². The fourth-order valence-corrected chi connectivity index (χ4v) is 1.29. The van der Waals surface area contributed by atoms with E-state index in [1.54, 1.807) is 0 Å². The first-order valence-electron chi connectivity index (χ1n) is 6.17. The van der Waals surface area contributed by atoms with E-state index in [4.69, 9.17) is 4.74 Å². The van der Waals surface area contributed by atoms with E-state index < -0.39 is 17.9 Å². The van der Waals surface area contributed by atoms with E-state index in [9.17, 15) is 18.0 Å². The molecule has 0 saturated heterocycles. The number of aromatic nitrogens is 2. The number of amides is 1. The van der Waals surface area contributed by atoms with E-state index in [0.29, 0.717) is 6.61 Å². The van der Waals surface area contributed by atoms with Crippen LogP contribution in [0.4, 0.5) is 13.2 Å². The topological polar surface area (TPSA) is 77.2 Å². The van der Waals surface area contributed by atoms with Crippen molar-refractivity contribution in [1.82, 2.24) is 15.5 Å². The Hall–Kier alpha value is -1.64. The van der Waals surface area contributed by atoms with E-state index in [1.807, 2.05) is 6.92 Å². The van der Waals surface area contributed by atoms with Gasteiger partial charge in [-0.15, -0.1) is 0 Å². The molecule has 0 aromatic carbocycles. The zero-order valence-corrected chi connectivity index (χ0v) is 11.0. The lowest BCUT2D eigenvalue weighted by atomic mass is 10.3. The monoisotopic (exact) mass is 295 g/mol. The van der Waals surface area contributed by atoms with Crippen LogP contribution in [0.2, 0.25) is 0 Å². The Kier molecular flexibility index (Phi) is 6.43. The molecule has 1 heterocycles. The second-order valence-corrected chi connectivity index (χ2v) is 4.05. The summed E-state index contributed by atoms with van der Waals surface area (Å²) in [5.41, 5.74) is 0. The van der Waals surface area contributed by atoms with Gasteiger partial charge >= 0.3 is 6.18 Å². The van der Waals surface area contributed by atoms with Crippen molar-refractivity contribution in [3.05, 3.63) is 11.7 Å². The highest BCUT2D eigenvalue weighted by molar-refractivity contribution is 5.76. The van der Waals surface area contributed by atoms with Gasteiger partial charge in [-0.25, -0.2) is 0 Å². The summed E-state index contributed by atoms with van der Waals surface area (Å²) in [6.45, 7) is 2.11. The lowest BCUT2D eigenvalue weighted by Gasteiger charge is -2.03. The van der Waals surface area contributed by atoms with Gasteiger partial charge in [-0.2, -0.15) is 18.2 Å². The maximum absolute atomic E-state index is 12.2. The number of alkyl halides is 3. The third kappa shape index (κ3) is 6.00. The van der Waals surface area contributed by atoms with Crippen LogP contribution >= 0.6 is 0 Å². The fraction of sp³-hybridized carbons (Fsp3) is 0.727. The van der Waals surface area contributed by atoms with Crippen molar-refractivity contribution >= 4 is 5.91 Å². The van der Waals surface area contributed by atoms with E-state index in [0.717, 1.165) is 19.3 Å². The molecule has 1 amide bonds. The number of carbonyl (C=O) groups excluding carboxylic acids is 1. The molecule has 0 saturated carbocycles. The van der Waals surface area contributed by atoms with Crippen molar-refractivity contribution in [2.24, 2.45) is 0 Å². The molecule has 0 aliphatic heterocycles. The van der Waals surface area contributed by atoms with E-state index in [-0.39, 0.29) is 19.0 Å². The second-order valence-electron chi connectivity index (χ2n) is 4.05. The number of nitrogens with zero attached hydrogens (tertiary/aromatic N) is 2. The van der Waals surface area contributed by atoms with Crippen LogP contribution in [-0.2, 0) is 22.3 Å². The first kappa shape index (κ1) is 16.4. The number of nitrogens with one attached hydrogen (secondary N) is 1. The van der Waals surface area contributed by atoms with Crippen LogP contribution in [0.15, 0.2) is 4.52 Å². The Labute approximate surface area is 113 Å². The van der Waals surface area contributed by atoms with Crippen molar-refractivity contribution in [1.29, 1.82) is 0 Å². The molecule has 1 rings (SSSR count). The summed E-state index contributed by atoms with van der Waals surface area (Å²) >= 11 is 0. The molecule has 0 unspecified atom stereocenters. The van der Waals surface area contributed by atoms with Gasteiger partial charge in [-0.05, 0) is 6.42 Å². The molecule has 1 aromatic rings. The molecule has 6 nitrogen and oxygen atoms in total. The largest absolute Gasteiger partial charge is 0.455 e. The summed E-state index contributed by atoms with van der Waals surface area (Å²) in [6, 6.07) is 0. The number of rotatable bonds is 8. The normalized spacial score (nSPS) is 11.6. The third-order valence-corrected chi connectivity index (χ3v) is 2.28. The minimum absolute atomic E-state index is 0.149. The number of halogens is 3. The maximum Gasteiger partial charge on any atom is 0.455 e. The molecule has 1 aromatic heterocycles. The highest BCUT2D eigenvalue weighted by Gasteiger charge is 2.37. The number of hydrogen-bond donors (Lipinski definition) is 1. The van der Waals surface area contributed by atoms with Gasteiger partial charge in [0.15, 0.2) is 0 Å². The SMILES string of the molecule is CCCCCOCC(=O)NCc1nc(C(F)(F)F)no1. The molecular formula is C11H16F3N3O3. The average molecular weight is 295 g/mol. The molecular weight excluding hydrogens is 279 g/mol. The van der Waals surface area contributed by atoms with Gasteiger partial charge in [-0.1, -0.05) is 24.9 Å². The third-order valence-electron chi connectivity index (χ3n) is 2.28. The molecule has 20 heavy (non-hydrogen) atoms. The van der Waals surface area contributed by atoms with Crippen molar-refractivity contribution < 1.29 is 27.2 Å². The van der Waals surface area contributed by atoms with Crippen molar-refractivity contribution in [2.75, 3.05) is 13.2 Å². The predicted octanol–water partition coefficient (Wildman–Crippen LogP) is 1.91. The first-order valence-corrected chi connectivity index (χ1v) is 6.17. The van der Waals surface area contributed by atoms with Crippen molar-refractivity contribution in [3.8, 4) is 0 Å². The molecule has 0 bridgehead atoms. The van der Waals surface area contributed by atoms with Gasteiger partial charge in [0.25, 0.3) is 5.82 Å². The minimum Gasteiger partial charge on any atom is -0.372 e. The smallest absolute Gasteiger partial charge is 0.372 e. The van der Waals surface area contributed by atoms with Crippen LogP contribution in [0.1, 0.15) is 37.9 Å². The predicted molar refractivity (Wildman–Crippen MR) is 61.5 cm³/mol. The molecule has 1 N–H and O–H groups in total. The van der Waals surface area contributed by atoms with Crippen LogP contribution in [0, 0.1) is 0 Å². The van der Waals surface area contributed by atoms with Crippen LogP contribution in [0.3, 0.4) is 0 Å². The number of carbonyl (C=O) groups is 1. The fourth-order valence-electron chi connectivity index (χ4n) is 1.29. The summed E-state index contributed by atoms with van der Waals surface area (Å²) in [5, 5.41) is 5.09. The zero-order chi connectivity index (χ0) is 15.0. The second kappa shape index (κ2) is 7.83. The molecule has 0 aliphatic carbocycles. The first-order chi connectivity index (χ1) is 9.43. The average Bonchev–Trinajstić information content (AvgIpc) is 2.85. The van der Waals surface area contributed by atoms with Crippen LogP contribution in [0.5, 0.6) is 0 Å². The van der Waals surface area contributed by atoms with Gasteiger partial charge in [0, 0.05) is 6.61 Å². The summed E-state index contributed by atoms with van der Waals surface area (Å²) in [6.07, 6.45) is -1.73. The maximum atomic E-state index is 12.2. The van der Waals surface area contributed by atoms with Gasteiger partial charge in [-0.3, -0.25) is 4.79 Å². The van der Waals surface area contributed by atoms with E-state index in [2.05, 4.69) is 20.0 Å². The Morgan fingerprint density at radius 2 is 2.15 bits per heavy atom. The minimum atomic E-state index is -4.66. The van der Waals surface area contributed by atoms with Gasteiger partial charge in [0.05, 0.1) is 6.54 Å². The molecule has 0 spiro atoms. The highest BCUT2D eigenvalue weighted by atomic mass is 19.4. The lowest BCUT2D eigenvalue weighted by molar-refractivity contribution is -0.146. The molecule has 0 fully saturated rings. The summed E-state index contributed by atoms with van der Waals surface area (Å²) in [7, 11) is 0. The lowest BCUT2D eigenvalue weighted by Crippen LogP contribution is -2.27. The zero-order valence-electron chi connectivity index (χ0n) is 11.0. The quantitative estimate of drug-likeness (QED) is 0.741. The number of hydrogen-bond acceptors (Lipinski definition) is 5. The highest BCUT2D eigenvalue weighted by Crippen LogP contribution is 2.26. The molecule has 0 radical (unpaired) electrons. The standard InChI is InChI=1S/C11H16F3N3O3/c1-2-3-4-5-19-7-8(18)15-6-9-16-10(17-20-9)11(12,13)14/h2-7H2,1H3,(H,15,18). The number of unbranched alkanes of at least 4 members (excludes halogenated alkanes) is 2. The Balaban J connectivity index is 2.22. The Bertz CT molecular complexity index is 421. The summed E-state index contributed by atoms with van der Waals surface area (Å²) < 4.78 is 46.0. The Morgan fingerprint density at radius 3 is 2.75 bits per heavy atom. The van der Waals surface area contributed by atoms with Crippen molar-refractivity contribution in [3.63, 3.8) is 0 Å². The number of ether oxygens (including phenoxy) is 1. The van der Waals surface area contributed by atoms with Gasteiger partial charge < -0.3 is 14.6 Å². The molecule has 0 atom stereocenters. The molecule has 0 aliphatic rings. The van der Waals surface area contributed by atoms with Gasteiger partial charge in [0.2, 0.25) is 11.8 Å². The summed E-state index contributed by atoms with van der Waals surface area (Å²) in [4.78, 5) is 14.4. The summed E-state index contributed by atoms with van der Waals surface area (Å²) in [5.74, 6) is -2.12. The van der Waals surface area contributed by atoms with Crippen LogP contribution < -0.4 is 5.32 Å². The molecule has 9 heteroatoms. The molecule has 114 valence electrons.